The van der Waals surface area contributed by atoms with Crippen LogP contribution in [0, 0.1) is 0 Å². The first kappa shape index (κ1) is 13.5. The molecule has 0 spiro atoms. The van der Waals surface area contributed by atoms with Crippen molar-refractivity contribution >= 4 is 0 Å². The van der Waals surface area contributed by atoms with Crippen molar-refractivity contribution in [3.05, 3.63) is 47.9 Å². The Morgan fingerprint density at radius 3 is 2.63 bits per heavy atom. The van der Waals surface area contributed by atoms with E-state index in [9.17, 15) is 0 Å². The van der Waals surface area contributed by atoms with Crippen LogP contribution in [-0.4, -0.2) is 14.2 Å². The maximum absolute atomic E-state index is 5.40. The van der Waals surface area contributed by atoms with Crippen LogP contribution in [0.25, 0.3) is 0 Å². The van der Waals surface area contributed by atoms with E-state index in [4.69, 9.17) is 13.9 Å². The lowest BCUT2D eigenvalue weighted by atomic mass is 10.1. The number of nitrogens with one attached hydrogen (secondary N) is 1. The first-order valence-electron chi connectivity index (χ1n) is 6.23. The maximum Gasteiger partial charge on any atom is 0.165 e. The highest BCUT2D eigenvalue weighted by molar-refractivity contribution is 5.46. The van der Waals surface area contributed by atoms with Crippen LogP contribution in [0.5, 0.6) is 11.5 Å². The molecule has 0 aliphatic rings. The van der Waals surface area contributed by atoms with Crippen LogP contribution < -0.4 is 14.8 Å². The van der Waals surface area contributed by atoms with E-state index in [1.807, 2.05) is 30.3 Å². The van der Waals surface area contributed by atoms with Crippen LogP contribution in [0.1, 0.15) is 24.3 Å². The molecule has 1 heterocycles. The lowest BCUT2D eigenvalue weighted by molar-refractivity contribution is 0.349. The van der Waals surface area contributed by atoms with Gasteiger partial charge in [-0.2, -0.15) is 0 Å². The second-order valence-corrected chi connectivity index (χ2v) is 4.27. The van der Waals surface area contributed by atoms with E-state index >= 15 is 0 Å². The van der Waals surface area contributed by atoms with Gasteiger partial charge in [0.2, 0.25) is 0 Å². The molecule has 0 unspecified atom stereocenters. The molecule has 0 aliphatic carbocycles. The minimum absolute atomic E-state index is 0.144. The predicted molar refractivity (Wildman–Crippen MR) is 73.5 cm³/mol. The van der Waals surface area contributed by atoms with Gasteiger partial charge in [-0.1, -0.05) is 12.1 Å². The zero-order valence-corrected chi connectivity index (χ0v) is 11.5. The van der Waals surface area contributed by atoms with Gasteiger partial charge in [0, 0.05) is 12.1 Å². The zero-order chi connectivity index (χ0) is 13.7. The number of rotatable bonds is 6. The summed E-state index contributed by atoms with van der Waals surface area (Å²) in [6.07, 6.45) is 1.68. The standard InChI is InChI=1S/C15H19NO3/c1-11(13-8-5-9-19-13)16-10-12-6-4-7-14(17-2)15(12)18-3/h4-9,11,16H,10H2,1-3H3/t11-/m1/s1. The number of ether oxygens (including phenoxy) is 2. The van der Waals surface area contributed by atoms with Crippen molar-refractivity contribution in [1.82, 2.24) is 5.32 Å². The van der Waals surface area contributed by atoms with Crippen molar-refractivity contribution in [3.8, 4) is 11.5 Å². The third-order valence-corrected chi connectivity index (χ3v) is 3.05. The highest BCUT2D eigenvalue weighted by atomic mass is 16.5. The minimum Gasteiger partial charge on any atom is -0.493 e. The summed E-state index contributed by atoms with van der Waals surface area (Å²) in [5.41, 5.74) is 1.06. The summed E-state index contributed by atoms with van der Waals surface area (Å²) in [5.74, 6) is 2.43. The molecule has 0 amide bonds. The van der Waals surface area contributed by atoms with Gasteiger partial charge in [-0.05, 0) is 25.1 Å². The van der Waals surface area contributed by atoms with Crippen molar-refractivity contribution < 1.29 is 13.9 Å². The van der Waals surface area contributed by atoms with Crippen molar-refractivity contribution in [2.45, 2.75) is 19.5 Å². The van der Waals surface area contributed by atoms with Gasteiger partial charge in [-0.25, -0.2) is 0 Å². The van der Waals surface area contributed by atoms with Gasteiger partial charge in [0.25, 0.3) is 0 Å². The van der Waals surface area contributed by atoms with Gasteiger partial charge in [-0.3, -0.25) is 0 Å². The first-order valence-corrected chi connectivity index (χ1v) is 6.23. The normalized spacial score (nSPS) is 12.2. The zero-order valence-electron chi connectivity index (χ0n) is 11.5. The number of hydrogen-bond donors (Lipinski definition) is 1. The molecule has 0 saturated heterocycles. The van der Waals surface area contributed by atoms with Gasteiger partial charge < -0.3 is 19.2 Å². The average molecular weight is 261 g/mol. The molecule has 1 atom stereocenters. The number of para-hydroxylation sites is 1. The fraction of sp³-hybridized carbons (Fsp3) is 0.333. The molecule has 1 N–H and O–H groups in total. The third-order valence-electron chi connectivity index (χ3n) is 3.05. The van der Waals surface area contributed by atoms with Crippen LogP contribution in [0.15, 0.2) is 41.0 Å². The lowest BCUT2D eigenvalue weighted by Gasteiger charge is -2.15. The molecule has 102 valence electrons. The van der Waals surface area contributed by atoms with E-state index in [-0.39, 0.29) is 6.04 Å². The maximum atomic E-state index is 5.40. The molecule has 0 radical (unpaired) electrons. The minimum atomic E-state index is 0.144. The molecule has 19 heavy (non-hydrogen) atoms. The Bertz CT molecular complexity index is 508. The number of methoxy groups -OCH3 is 2. The van der Waals surface area contributed by atoms with Crippen LogP contribution in [0.4, 0.5) is 0 Å². The molecule has 2 aromatic rings. The van der Waals surface area contributed by atoms with Gasteiger partial charge in [0.15, 0.2) is 11.5 Å². The average Bonchev–Trinajstić information content (AvgIpc) is 2.98. The fourth-order valence-electron chi connectivity index (χ4n) is 1.99. The summed E-state index contributed by atoms with van der Waals surface area (Å²) >= 11 is 0. The molecule has 0 saturated carbocycles. The molecule has 0 fully saturated rings. The molecule has 4 nitrogen and oxygen atoms in total. The van der Waals surface area contributed by atoms with E-state index in [1.54, 1.807) is 20.5 Å². The molecule has 0 aliphatic heterocycles. The summed E-state index contributed by atoms with van der Waals surface area (Å²) in [5, 5.41) is 3.40. The molecule has 1 aromatic heterocycles. The first-order chi connectivity index (χ1) is 9.26. The molecule has 0 bridgehead atoms. The van der Waals surface area contributed by atoms with E-state index in [0.717, 1.165) is 22.8 Å². The molecular weight excluding hydrogens is 242 g/mol. The predicted octanol–water partition coefficient (Wildman–Crippen LogP) is 3.15. The third kappa shape index (κ3) is 3.09. The summed E-state index contributed by atoms with van der Waals surface area (Å²) in [4.78, 5) is 0. The fourth-order valence-corrected chi connectivity index (χ4v) is 1.99. The summed E-state index contributed by atoms with van der Waals surface area (Å²) in [6, 6.07) is 9.85. The Hall–Kier alpha value is -1.94. The van der Waals surface area contributed by atoms with Gasteiger partial charge in [0.1, 0.15) is 5.76 Å². The molecular formula is C15H19NO3. The second-order valence-electron chi connectivity index (χ2n) is 4.27. The molecule has 2 rings (SSSR count). The van der Waals surface area contributed by atoms with Crippen LogP contribution >= 0.6 is 0 Å². The van der Waals surface area contributed by atoms with Crippen molar-refractivity contribution in [1.29, 1.82) is 0 Å². The van der Waals surface area contributed by atoms with Crippen molar-refractivity contribution in [3.63, 3.8) is 0 Å². The van der Waals surface area contributed by atoms with Gasteiger partial charge >= 0.3 is 0 Å². The summed E-state index contributed by atoms with van der Waals surface area (Å²) in [6.45, 7) is 2.74. The van der Waals surface area contributed by atoms with Crippen LogP contribution in [-0.2, 0) is 6.54 Å². The smallest absolute Gasteiger partial charge is 0.165 e. The number of hydrogen-bond acceptors (Lipinski definition) is 4. The summed E-state index contributed by atoms with van der Waals surface area (Å²) in [7, 11) is 3.29. The van der Waals surface area contributed by atoms with Gasteiger partial charge in [0.05, 0.1) is 26.5 Å². The van der Waals surface area contributed by atoms with E-state index in [1.165, 1.54) is 0 Å². The summed E-state index contributed by atoms with van der Waals surface area (Å²) < 4.78 is 16.1. The van der Waals surface area contributed by atoms with Crippen molar-refractivity contribution in [2.75, 3.05) is 14.2 Å². The Kier molecular flexibility index (Phi) is 4.47. The Morgan fingerprint density at radius 2 is 2.00 bits per heavy atom. The Balaban J connectivity index is 2.07. The topological polar surface area (TPSA) is 43.6 Å². The Labute approximate surface area is 113 Å². The monoisotopic (exact) mass is 261 g/mol. The molecule has 1 aromatic carbocycles. The Morgan fingerprint density at radius 1 is 1.16 bits per heavy atom. The number of benzene rings is 1. The van der Waals surface area contributed by atoms with E-state index < -0.39 is 0 Å². The second kappa shape index (κ2) is 6.29. The highest BCUT2D eigenvalue weighted by Crippen LogP contribution is 2.30. The molecule has 4 heteroatoms. The highest BCUT2D eigenvalue weighted by Gasteiger charge is 2.12. The van der Waals surface area contributed by atoms with E-state index in [0.29, 0.717) is 6.54 Å². The number of furan rings is 1. The lowest BCUT2D eigenvalue weighted by Crippen LogP contribution is -2.18. The quantitative estimate of drug-likeness (QED) is 0.867. The SMILES string of the molecule is COc1cccc(CN[C@H](C)c2ccco2)c1OC. The van der Waals surface area contributed by atoms with Crippen LogP contribution in [0.2, 0.25) is 0 Å². The van der Waals surface area contributed by atoms with E-state index in [2.05, 4.69) is 12.2 Å². The largest absolute Gasteiger partial charge is 0.493 e. The van der Waals surface area contributed by atoms with Gasteiger partial charge in [-0.15, -0.1) is 0 Å². The van der Waals surface area contributed by atoms with Crippen LogP contribution in [0.3, 0.4) is 0 Å². The van der Waals surface area contributed by atoms with Crippen molar-refractivity contribution in [2.24, 2.45) is 0 Å².